The highest BCUT2D eigenvalue weighted by Gasteiger charge is 2.36. The maximum absolute atomic E-state index is 11.8. The molecule has 2 rings (SSSR count). The van der Waals surface area contributed by atoms with Crippen molar-refractivity contribution in [3.05, 3.63) is 28.8 Å². The lowest BCUT2D eigenvalue weighted by atomic mass is 10.0. The fraction of sp³-hybridized carbons (Fsp3) is 0.385. The molecular weight excluding hydrogens is 266 g/mol. The van der Waals surface area contributed by atoms with Crippen LogP contribution in [0.3, 0.4) is 0 Å². The van der Waals surface area contributed by atoms with Gasteiger partial charge < -0.3 is 15.4 Å². The molecule has 1 unspecified atom stereocenters. The summed E-state index contributed by atoms with van der Waals surface area (Å²) in [6, 6.07) is 4.56. The maximum atomic E-state index is 11.8. The highest BCUT2D eigenvalue weighted by atomic mass is 35.5. The Morgan fingerprint density at radius 2 is 2.26 bits per heavy atom. The minimum atomic E-state index is -0.448. The summed E-state index contributed by atoms with van der Waals surface area (Å²) in [5.74, 6) is 0.858. The van der Waals surface area contributed by atoms with Crippen molar-refractivity contribution in [2.45, 2.75) is 19.4 Å². The van der Waals surface area contributed by atoms with Gasteiger partial charge in [0.15, 0.2) is 0 Å². The number of ether oxygens (including phenoxy) is 1. The van der Waals surface area contributed by atoms with Gasteiger partial charge in [0.1, 0.15) is 17.6 Å². The molecule has 1 aromatic rings. The fourth-order valence-electron chi connectivity index (χ4n) is 2.24. The van der Waals surface area contributed by atoms with Crippen LogP contribution in [0, 0.1) is 0 Å². The van der Waals surface area contributed by atoms with E-state index in [0.29, 0.717) is 22.9 Å². The van der Waals surface area contributed by atoms with Gasteiger partial charge in [0.05, 0.1) is 12.1 Å². The molecule has 1 atom stereocenters. The standard InChI is InChI=1S/C13H16ClN3O2/c1-3-7-17-11(12(15)16-13(17)18)10-8(14)5-4-6-9(10)19-2/h4-6,11H,3,7H2,1-2H3,(H2,15,16,18). The average Bonchev–Trinajstić information content (AvgIpc) is 2.65. The second-order valence-electron chi connectivity index (χ2n) is 4.27. The van der Waals surface area contributed by atoms with E-state index in [1.54, 1.807) is 30.2 Å². The van der Waals surface area contributed by atoms with Crippen LogP contribution < -0.4 is 10.5 Å². The first-order chi connectivity index (χ1) is 9.10. The van der Waals surface area contributed by atoms with Crippen LogP contribution >= 0.6 is 11.6 Å². The van der Waals surface area contributed by atoms with Gasteiger partial charge in [-0.3, -0.25) is 0 Å². The third-order valence-electron chi connectivity index (χ3n) is 3.03. The molecule has 0 aromatic heterocycles. The number of amidine groups is 1. The molecule has 0 bridgehead atoms. The zero-order chi connectivity index (χ0) is 14.0. The van der Waals surface area contributed by atoms with Crippen LogP contribution in [-0.4, -0.2) is 30.4 Å². The van der Waals surface area contributed by atoms with Crippen molar-refractivity contribution in [2.75, 3.05) is 13.7 Å². The average molecular weight is 282 g/mol. The van der Waals surface area contributed by atoms with Crippen LogP contribution in [0.2, 0.25) is 5.02 Å². The van der Waals surface area contributed by atoms with E-state index in [9.17, 15) is 4.79 Å². The first kappa shape index (κ1) is 13.7. The number of hydrogen-bond donors (Lipinski definition) is 1. The van der Waals surface area contributed by atoms with Gasteiger partial charge in [-0.1, -0.05) is 24.6 Å². The van der Waals surface area contributed by atoms with E-state index in [2.05, 4.69) is 4.99 Å². The molecule has 1 aliphatic heterocycles. The van der Waals surface area contributed by atoms with E-state index in [0.717, 1.165) is 6.42 Å². The Kier molecular flexibility index (Phi) is 3.95. The van der Waals surface area contributed by atoms with Crippen molar-refractivity contribution >= 4 is 23.5 Å². The molecule has 0 radical (unpaired) electrons. The summed E-state index contributed by atoms with van der Waals surface area (Å²) in [4.78, 5) is 17.3. The van der Waals surface area contributed by atoms with Crippen LogP contribution in [0.5, 0.6) is 5.75 Å². The van der Waals surface area contributed by atoms with Crippen LogP contribution in [0.15, 0.2) is 23.2 Å². The van der Waals surface area contributed by atoms with Crippen molar-refractivity contribution < 1.29 is 9.53 Å². The third-order valence-corrected chi connectivity index (χ3v) is 3.36. The SMILES string of the molecule is CCCN1C(=O)N=C(N)C1c1c(Cl)cccc1OC. The van der Waals surface area contributed by atoms with Crippen molar-refractivity contribution in [3.63, 3.8) is 0 Å². The number of nitrogens with two attached hydrogens (primary N) is 1. The molecule has 5 nitrogen and oxygen atoms in total. The minimum Gasteiger partial charge on any atom is -0.496 e. The van der Waals surface area contributed by atoms with E-state index in [4.69, 9.17) is 22.1 Å². The van der Waals surface area contributed by atoms with Crippen molar-refractivity contribution in [1.29, 1.82) is 0 Å². The Hall–Kier alpha value is -1.75. The zero-order valence-corrected chi connectivity index (χ0v) is 11.6. The Morgan fingerprint density at radius 3 is 2.89 bits per heavy atom. The number of amides is 2. The monoisotopic (exact) mass is 281 g/mol. The summed E-state index contributed by atoms with van der Waals surface area (Å²) < 4.78 is 5.32. The number of rotatable bonds is 4. The van der Waals surface area contributed by atoms with Gasteiger partial charge >= 0.3 is 6.03 Å². The van der Waals surface area contributed by atoms with Crippen molar-refractivity contribution in [2.24, 2.45) is 10.7 Å². The summed E-state index contributed by atoms with van der Waals surface area (Å²) >= 11 is 6.24. The molecule has 0 spiro atoms. The van der Waals surface area contributed by atoms with Crippen molar-refractivity contribution in [1.82, 2.24) is 4.90 Å². The normalized spacial score (nSPS) is 18.7. The molecule has 0 fully saturated rings. The molecule has 2 amide bonds. The number of benzene rings is 1. The predicted molar refractivity (Wildman–Crippen MR) is 74.8 cm³/mol. The zero-order valence-electron chi connectivity index (χ0n) is 10.9. The number of urea groups is 1. The van der Waals surface area contributed by atoms with Gasteiger partial charge in [-0.05, 0) is 18.6 Å². The molecule has 19 heavy (non-hydrogen) atoms. The quantitative estimate of drug-likeness (QED) is 0.922. The van der Waals surface area contributed by atoms with Crippen LogP contribution in [0.25, 0.3) is 0 Å². The molecule has 6 heteroatoms. The summed E-state index contributed by atoms with van der Waals surface area (Å²) in [5, 5.41) is 0.512. The number of nitrogens with zero attached hydrogens (tertiary/aromatic N) is 2. The molecule has 1 aliphatic rings. The molecule has 1 heterocycles. The number of carbonyl (C=O) groups excluding carboxylic acids is 1. The molecule has 1 aromatic carbocycles. The summed E-state index contributed by atoms with van der Waals surface area (Å²) in [7, 11) is 1.56. The van der Waals surface area contributed by atoms with Gasteiger partial charge in [0.2, 0.25) is 0 Å². The molecule has 2 N–H and O–H groups in total. The van der Waals surface area contributed by atoms with E-state index in [1.165, 1.54) is 0 Å². The van der Waals surface area contributed by atoms with E-state index in [1.807, 2.05) is 6.92 Å². The van der Waals surface area contributed by atoms with Gasteiger partial charge in [0.25, 0.3) is 0 Å². The Labute approximate surface area is 117 Å². The number of carbonyl (C=O) groups is 1. The molecule has 0 saturated heterocycles. The lowest BCUT2D eigenvalue weighted by Gasteiger charge is -2.26. The van der Waals surface area contributed by atoms with E-state index >= 15 is 0 Å². The first-order valence-corrected chi connectivity index (χ1v) is 6.45. The van der Waals surface area contributed by atoms with E-state index in [-0.39, 0.29) is 11.9 Å². The van der Waals surface area contributed by atoms with Gasteiger partial charge in [0, 0.05) is 12.1 Å². The smallest absolute Gasteiger partial charge is 0.346 e. The number of aliphatic imine (C=N–C) groups is 1. The Bertz CT molecular complexity index is 531. The van der Waals surface area contributed by atoms with Gasteiger partial charge in [-0.2, -0.15) is 4.99 Å². The first-order valence-electron chi connectivity index (χ1n) is 6.07. The van der Waals surface area contributed by atoms with Gasteiger partial charge in [-0.25, -0.2) is 4.79 Å². The third kappa shape index (κ3) is 2.38. The Balaban J connectivity index is 2.50. The minimum absolute atomic E-state index is 0.254. The number of halogens is 1. The largest absolute Gasteiger partial charge is 0.496 e. The lowest BCUT2D eigenvalue weighted by Crippen LogP contribution is -2.34. The molecule has 102 valence electrons. The summed E-state index contributed by atoms with van der Waals surface area (Å²) in [6.45, 7) is 2.56. The number of hydrogen-bond acceptors (Lipinski definition) is 3. The molecule has 0 aliphatic carbocycles. The second kappa shape index (κ2) is 5.48. The Morgan fingerprint density at radius 1 is 1.53 bits per heavy atom. The predicted octanol–water partition coefficient (Wildman–Crippen LogP) is 2.59. The maximum Gasteiger partial charge on any atom is 0.346 e. The van der Waals surface area contributed by atoms with Gasteiger partial charge in [-0.15, -0.1) is 0 Å². The molecular formula is C13H16ClN3O2. The number of methoxy groups -OCH3 is 1. The highest BCUT2D eigenvalue weighted by molar-refractivity contribution is 6.32. The second-order valence-corrected chi connectivity index (χ2v) is 4.68. The van der Waals surface area contributed by atoms with Crippen molar-refractivity contribution in [3.8, 4) is 5.75 Å². The van der Waals surface area contributed by atoms with Crippen LogP contribution in [0.4, 0.5) is 4.79 Å². The topological polar surface area (TPSA) is 67.9 Å². The van der Waals surface area contributed by atoms with Crippen LogP contribution in [-0.2, 0) is 0 Å². The molecule has 0 saturated carbocycles. The summed E-state index contributed by atoms with van der Waals surface area (Å²) in [6.07, 6.45) is 0.817. The fourth-order valence-corrected chi connectivity index (χ4v) is 2.51. The highest BCUT2D eigenvalue weighted by Crippen LogP contribution is 2.38. The van der Waals surface area contributed by atoms with Crippen LogP contribution in [0.1, 0.15) is 24.9 Å². The summed E-state index contributed by atoms with van der Waals surface area (Å²) in [5.41, 5.74) is 6.58. The van der Waals surface area contributed by atoms with E-state index < -0.39 is 6.04 Å². The lowest BCUT2D eigenvalue weighted by molar-refractivity contribution is 0.206.